The Morgan fingerprint density at radius 1 is 1.22 bits per heavy atom. The number of hydrogen-bond acceptors (Lipinski definition) is 3. The first-order chi connectivity index (χ1) is 8.52. The first-order valence-corrected chi connectivity index (χ1v) is 8.16. The van der Waals surface area contributed by atoms with Gasteiger partial charge in [-0.3, -0.25) is 0 Å². The predicted octanol–water partition coefficient (Wildman–Crippen LogP) is 2.22. The zero-order valence-electron chi connectivity index (χ0n) is 10.6. The third kappa shape index (κ3) is 1.97. The Labute approximate surface area is 109 Å². The molecule has 18 heavy (non-hydrogen) atoms. The molecule has 2 aliphatic rings. The summed E-state index contributed by atoms with van der Waals surface area (Å²) in [7, 11) is -3.05. The molecule has 0 aromatic heterocycles. The average molecular weight is 265 g/mol. The summed E-state index contributed by atoms with van der Waals surface area (Å²) in [6, 6.07) is 7.48. The minimum atomic E-state index is -3.05. The van der Waals surface area contributed by atoms with Gasteiger partial charge in [-0.1, -0.05) is 12.1 Å². The number of hydrogen-bond donors (Lipinski definition) is 1. The van der Waals surface area contributed by atoms with Crippen molar-refractivity contribution in [2.24, 2.45) is 0 Å². The van der Waals surface area contributed by atoms with Crippen LogP contribution in [0.4, 0.5) is 0 Å². The molecule has 1 aliphatic heterocycles. The molecule has 1 unspecified atom stereocenters. The normalized spacial score (nSPS) is 28.5. The molecule has 3 nitrogen and oxygen atoms in total. The number of nitrogens with one attached hydrogen (secondary N) is 1. The Morgan fingerprint density at radius 3 is 2.39 bits per heavy atom. The molecule has 3 rings (SSSR count). The highest BCUT2D eigenvalue weighted by molar-refractivity contribution is 7.92. The van der Waals surface area contributed by atoms with E-state index in [-0.39, 0.29) is 10.8 Å². The van der Waals surface area contributed by atoms with Crippen LogP contribution >= 0.6 is 0 Å². The fourth-order valence-electron chi connectivity index (χ4n) is 2.72. The van der Waals surface area contributed by atoms with Crippen molar-refractivity contribution >= 4 is 9.84 Å². The summed E-state index contributed by atoms with van der Waals surface area (Å²) in [5.41, 5.74) is 1.21. The van der Waals surface area contributed by atoms with Crippen LogP contribution in [0.1, 0.15) is 38.2 Å². The second-order valence-corrected chi connectivity index (χ2v) is 7.86. The molecule has 0 radical (unpaired) electrons. The van der Waals surface area contributed by atoms with E-state index in [0.717, 1.165) is 25.8 Å². The topological polar surface area (TPSA) is 46.2 Å². The van der Waals surface area contributed by atoms with Gasteiger partial charge in [-0.25, -0.2) is 8.42 Å². The van der Waals surface area contributed by atoms with Gasteiger partial charge in [0.2, 0.25) is 0 Å². The second kappa shape index (κ2) is 4.07. The van der Waals surface area contributed by atoms with Gasteiger partial charge < -0.3 is 5.32 Å². The maximum absolute atomic E-state index is 12.1. The van der Waals surface area contributed by atoms with Gasteiger partial charge in [-0.05, 0) is 56.8 Å². The molecular weight excluding hydrogens is 246 g/mol. The molecule has 98 valence electrons. The van der Waals surface area contributed by atoms with Crippen molar-refractivity contribution in [2.45, 2.75) is 48.3 Å². The second-order valence-electron chi connectivity index (χ2n) is 5.63. The van der Waals surface area contributed by atoms with Crippen LogP contribution in [0, 0.1) is 0 Å². The lowest BCUT2D eigenvalue weighted by atomic mass is 9.91. The van der Waals surface area contributed by atoms with Crippen LogP contribution in [0.25, 0.3) is 0 Å². The van der Waals surface area contributed by atoms with Gasteiger partial charge in [-0.15, -0.1) is 0 Å². The van der Waals surface area contributed by atoms with Crippen LogP contribution < -0.4 is 5.32 Å². The Morgan fingerprint density at radius 2 is 1.89 bits per heavy atom. The predicted molar refractivity (Wildman–Crippen MR) is 71.2 cm³/mol. The van der Waals surface area contributed by atoms with Crippen LogP contribution in [0.15, 0.2) is 29.2 Å². The van der Waals surface area contributed by atoms with E-state index in [1.807, 2.05) is 12.1 Å². The lowest BCUT2D eigenvalue weighted by molar-refractivity contribution is 0.434. The first kappa shape index (κ1) is 12.2. The highest BCUT2D eigenvalue weighted by Gasteiger charge is 2.37. The van der Waals surface area contributed by atoms with Crippen molar-refractivity contribution in [3.8, 4) is 0 Å². The Balaban J connectivity index is 1.89. The summed E-state index contributed by atoms with van der Waals surface area (Å²) in [6.45, 7) is 3.23. The van der Waals surface area contributed by atoms with E-state index in [2.05, 4.69) is 12.2 Å². The SMILES string of the molecule is CC1(c2ccc(S(=O)(=O)C3CC3)cc2)CCCN1. The fraction of sp³-hybridized carbons (Fsp3) is 0.571. The highest BCUT2D eigenvalue weighted by Crippen LogP contribution is 2.35. The summed E-state index contributed by atoms with van der Waals surface area (Å²) in [5, 5.41) is 3.37. The number of sulfone groups is 1. The van der Waals surface area contributed by atoms with Crippen molar-refractivity contribution in [3.63, 3.8) is 0 Å². The lowest BCUT2D eigenvalue weighted by Gasteiger charge is -2.25. The molecule has 1 aromatic rings. The molecule has 2 fully saturated rings. The van der Waals surface area contributed by atoms with Crippen molar-refractivity contribution in [3.05, 3.63) is 29.8 Å². The van der Waals surface area contributed by atoms with E-state index in [4.69, 9.17) is 0 Å². The quantitative estimate of drug-likeness (QED) is 0.911. The highest BCUT2D eigenvalue weighted by atomic mass is 32.2. The van der Waals surface area contributed by atoms with Gasteiger partial charge in [-0.2, -0.15) is 0 Å². The lowest BCUT2D eigenvalue weighted by Crippen LogP contribution is -2.33. The summed E-state index contributed by atoms with van der Waals surface area (Å²) in [5.74, 6) is 0. The minimum Gasteiger partial charge on any atom is -0.308 e. The minimum absolute atomic E-state index is 0.0157. The maximum Gasteiger partial charge on any atom is 0.181 e. The van der Waals surface area contributed by atoms with E-state index < -0.39 is 9.84 Å². The van der Waals surface area contributed by atoms with E-state index in [0.29, 0.717) is 4.90 Å². The van der Waals surface area contributed by atoms with Gasteiger partial charge in [0.15, 0.2) is 9.84 Å². The van der Waals surface area contributed by atoms with Crippen molar-refractivity contribution in [1.29, 1.82) is 0 Å². The fourth-order valence-corrected chi connectivity index (χ4v) is 4.38. The van der Waals surface area contributed by atoms with Crippen LogP contribution in [0.5, 0.6) is 0 Å². The molecule has 0 amide bonds. The molecule has 1 N–H and O–H groups in total. The van der Waals surface area contributed by atoms with Gasteiger partial charge in [0.05, 0.1) is 10.1 Å². The van der Waals surface area contributed by atoms with Crippen LogP contribution in [0.2, 0.25) is 0 Å². The molecule has 0 spiro atoms. The van der Waals surface area contributed by atoms with Crippen molar-refractivity contribution < 1.29 is 8.42 Å². The van der Waals surface area contributed by atoms with Gasteiger partial charge in [0, 0.05) is 5.54 Å². The molecule has 1 saturated carbocycles. The van der Waals surface area contributed by atoms with Crippen molar-refractivity contribution in [2.75, 3.05) is 6.54 Å². The summed E-state index contributed by atoms with van der Waals surface area (Å²) < 4.78 is 24.2. The van der Waals surface area contributed by atoms with E-state index in [9.17, 15) is 8.42 Å². The zero-order chi connectivity index (χ0) is 12.8. The zero-order valence-corrected chi connectivity index (χ0v) is 11.5. The third-order valence-corrected chi connectivity index (χ3v) is 6.43. The molecule has 4 heteroatoms. The largest absolute Gasteiger partial charge is 0.308 e. The third-order valence-electron chi connectivity index (χ3n) is 4.15. The smallest absolute Gasteiger partial charge is 0.181 e. The number of benzene rings is 1. The molecule has 1 heterocycles. The maximum atomic E-state index is 12.1. The van der Waals surface area contributed by atoms with Crippen LogP contribution in [-0.4, -0.2) is 20.2 Å². The number of rotatable bonds is 3. The Hall–Kier alpha value is -0.870. The average Bonchev–Trinajstić information content (AvgIpc) is 3.14. The Bertz CT molecular complexity index is 538. The molecule has 1 aromatic carbocycles. The Kier molecular flexibility index (Phi) is 2.75. The molecular formula is C14H19NO2S. The molecule has 1 aliphatic carbocycles. The van der Waals surface area contributed by atoms with Gasteiger partial charge in [0.1, 0.15) is 0 Å². The van der Waals surface area contributed by atoms with Gasteiger partial charge in [0.25, 0.3) is 0 Å². The van der Waals surface area contributed by atoms with E-state index in [1.165, 1.54) is 12.0 Å². The summed E-state index contributed by atoms with van der Waals surface area (Å²) >= 11 is 0. The van der Waals surface area contributed by atoms with E-state index >= 15 is 0 Å². The van der Waals surface area contributed by atoms with Crippen molar-refractivity contribution in [1.82, 2.24) is 5.32 Å². The first-order valence-electron chi connectivity index (χ1n) is 6.62. The molecule has 0 bridgehead atoms. The van der Waals surface area contributed by atoms with Gasteiger partial charge >= 0.3 is 0 Å². The monoisotopic (exact) mass is 265 g/mol. The van der Waals surface area contributed by atoms with E-state index in [1.54, 1.807) is 12.1 Å². The summed E-state index contributed by atoms with van der Waals surface area (Å²) in [4.78, 5) is 0.482. The van der Waals surface area contributed by atoms with Crippen LogP contribution in [-0.2, 0) is 15.4 Å². The summed E-state index contributed by atoms with van der Waals surface area (Å²) in [6.07, 6.45) is 3.94. The molecule has 1 atom stereocenters. The molecule has 1 saturated heterocycles. The standard InChI is InChI=1S/C14H19NO2S/c1-14(9-2-10-15-14)11-3-5-12(6-4-11)18(16,17)13-7-8-13/h3-6,13,15H,2,7-10H2,1H3. The van der Waals surface area contributed by atoms with Crippen LogP contribution in [0.3, 0.4) is 0 Å².